The molecule has 1 fully saturated rings. The third-order valence-electron chi connectivity index (χ3n) is 3.60. The van der Waals surface area contributed by atoms with E-state index in [2.05, 4.69) is 35.2 Å². The predicted molar refractivity (Wildman–Crippen MR) is 71.5 cm³/mol. The maximum atomic E-state index is 6.11. The van der Waals surface area contributed by atoms with E-state index in [-0.39, 0.29) is 0 Å². The molecular formula is C14H23N3. The third kappa shape index (κ3) is 3.53. The summed E-state index contributed by atoms with van der Waals surface area (Å²) in [4.78, 5) is 2.45. The molecule has 0 saturated carbocycles. The van der Waals surface area contributed by atoms with Gasteiger partial charge in [0, 0.05) is 31.7 Å². The Morgan fingerprint density at radius 3 is 2.65 bits per heavy atom. The van der Waals surface area contributed by atoms with Crippen LogP contribution in [0.25, 0.3) is 0 Å². The first kappa shape index (κ1) is 12.6. The summed E-state index contributed by atoms with van der Waals surface area (Å²) in [7, 11) is 0. The van der Waals surface area contributed by atoms with Gasteiger partial charge >= 0.3 is 0 Å². The smallest absolute Gasteiger partial charge is 0.0237 e. The average molecular weight is 233 g/mol. The zero-order chi connectivity index (χ0) is 12.1. The van der Waals surface area contributed by atoms with Crippen molar-refractivity contribution >= 4 is 0 Å². The predicted octanol–water partition coefficient (Wildman–Crippen LogP) is 1.33. The summed E-state index contributed by atoms with van der Waals surface area (Å²) in [6.07, 6.45) is 3.51. The van der Waals surface area contributed by atoms with Crippen molar-refractivity contribution in [3.8, 4) is 0 Å². The minimum Gasteiger partial charge on any atom is -0.329 e. The number of nitrogens with zero attached hydrogens (tertiary/aromatic N) is 1. The lowest BCUT2D eigenvalue weighted by Gasteiger charge is -2.30. The molecule has 0 aromatic heterocycles. The van der Waals surface area contributed by atoms with Gasteiger partial charge in [0.2, 0.25) is 0 Å². The molecule has 3 nitrogen and oxygen atoms in total. The summed E-state index contributed by atoms with van der Waals surface area (Å²) in [5.41, 5.74) is 13.3. The number of hydrogen-bond acceptors (Lipinski definition) is 3. The van der Waals surface area contributed by atoms with Gasteiger partial charge in [0.05, 0.1) is 0 Å². The van der Waals surface area contributed by atoms with E-state index in [1.807, 2.05) is 0 Å². The van der Waals surface area contributed by atoms with Crippen molar-refractivity contribution in [3.63, 3.8) is 0 Å². The number of benzene rings is 1. The lowest BCUT2D eigenvalue weighted by Crippen LogP contribution is -2.43. The van der Waals surface area contributed by atoms with Crippen molar-refractivity contribution in [3.05, 3.63) is 35.9 Å². The Morgan fingerprint density at radius 1 is 1.18 bits per heavy atom. The maximum Gasteiger partial charge on any atom is 0.0237 e. The van der Waals surface area contributed by atoms with Crippen molar-refractivity contribution in [1.29, 1.82) is 0 Å². The van der Waals surface area contributed by atoms with Crippen LogP contribution in [-0.2, 0) is 6.54 Å². The Morgan fingerprint density at radius 2 is 1.94 bits per heavy atom. The van der Waals surface area contributed by atoms with Gasteiger partial charge < -0.3 is 11.5 Å². The molecule has 0 aliphatic carbocycles. The Balaban J connectivity index is 2.04. The SMILES string of the molecule is NC[C@H]1CCC[C@@H](N)CN1Cc1ccccc1. The van der Waals surface area contributed by atoms with Crippen LogP contribution in [0.1, 0.15) is 24.8 Å². The van der Waals surface area contributed by atoms with Crippen LogP contribution in [0, 0.1) is 0 Å². The molecule has 0 radical (unpaired) electrons. The van der Waals surface area contributed by atoms with E-state index in [1.165, 1.54) is 18.4 Å². The number of hydrogen-bond donors (Lipinski definition) is 2. The minimum absolute atomic E-state index is 0.301. The summed E-state index contributed by atoms with van der Waals surface area (Å²) in [5.74, 6) is 0. The fourth-order valence-electron chi connectivity index (χ4n) is 2.62. The highest BCUT2D eigenvalue weighted by atomic mass is 15.2. The van der Waals surface area contributed by atoms with Crippen molar-refractivity contribution in [1.82, 2.24) is 4.90 Å². The summed E-state index contributed by atoms with van der Waals surface area (Å²) < 4.78 is 0. The van der Waals surface area contributed by atoms with Gasteiger partial charge in [-0.05, 0) is 18.4 Å². The van der Waals surface area contributed by atoms with E-state index in [9.17, 15) is 0 Å². The summed E-state index contributed by atoms with van der Waals surface area (Å²) in [6, 6.07) is 11.4. The quantitative estimate of drug-likeness (QED) is 0.828. The molecule has 1 saturated heterocycles. The first-order valence-corrected chi connectivity index (χ1v) is 6.53. The van der Waals surface area contributed by atoms with E-state index < -0.39 is 0 Å². The lowest BCUT2D eigenvalue weighted by atomic mass is 10.1. The van der Waals surface area contributed by atoms with Crippen molar-refractivity contribution in [2.45, 2.75) is 37.9 Å². The number of rotatable bonds is 3. The van der Waals surface area contributed by atoms with Gasteiger partial charge in [-0.2, -0.15) is 0 Å². The van der Waals surface area contributed by atoms with Crippen LogP contribution >= 0.6 is 0 Å². The van der Waals surface area contributed by atoms with Gasteiger partial charge in [-0.15, -0.1) is 0 Å². The summed E-state index contributed by atoms with van der Waals surface area (Å²) in [6.45, 7) is 2.67. The standard InChI is InChI=1S/C14H23N3/c15-9-14-8-4-7-13(16)11-17(14)10-12-5-2-1-3-6-12/h1-3,5-6,13-14H,4,7-11,15-16H2/t13-,14-/m1/s1. The molecule has 2 rings (SSSR count). The molecule has 1 aromatic carbocycles. The second-order valence-electron chi connectivity index (χ2n) is 5.00. The Bertz CT molecular complexity index is 325. The molecule has 0 unspecified atom stereocenters. The van der Waals surface area contributed by atoms with Crippen molar-refractivity contribution < 1.29 is 0 Å². The van der Waals surface area contributed by atoms with Crippen molar-refractivity contribution in [2.75, 3.05) is 13.1 Å². The molecule has 3 heteroatoms. The normalized spacial score (nSPS) is 26.7. The van der Waals surface area contributed by atoms with Gasteiger partial charge in [-0.25, -0.2) is 0 Å². The highest BCUT2D eigenvalue weighted by molar-refractivity contribution is 5.14. The van der Waals surface area contributed by atoms with Gasteiger partial charge in [-0.1, -0.05) is 36.8 Å². The van der Waals surface area contributed by atoms with Crippen molar-refractivity contribution in [2.24, 2.45) is 11.5 Å². The fraction of sp³-hybridized carbons (Fsp3) is 0.571. The Hall–Kier alpha value is -0.900. The Labute approximate surface area is 104 Å². The molecule has 4 N–H and O–H groups in total. The topological polar surface area (TPSA) is 55.3 Å². The lowest BCUT2D eigenvalue weighted by molar-refractivity contribution is 0.189. The van der Waals surface area contributed by atoms with Crippen LogP contribution in [0.15, 0.2) is 30.3 Å². The van der Waals surface area contributed by atoms with Crippen LogP contribution in [0.2, 0.25) is 0 Å². The number of likely N-dealkylation sites (tertiary alicyclic amines) is 1. The van der Waals surface area contributed by atoms with E-state index in [1.54, 1.807) is 0 Å². The van der Waals surface area contributed by atoms with E-state index in [0.29, 0.717) is 12.1 Å². The number of nitrogens with two attached hydrogens (primary N) is 2. The molecule has 2 atom stereocenters. The molecule has 0 spiro atoms. The Kier molecular flexibility index (Phi) is 4.54. The molecule has 0 amide bonds. The monoisotopic (exact) mass is 233 g/mol. The van der Waals surface area contributed by atoms with Gasteiger partial charge in [-0.3, -0.25) is 4.90 Å². The molecule has 17 heavy (non-hydrogen) atoms. The van der Waals surface area contributed by atoms with Gasteiger partial charge in [0.1, 0.15) is 0 Å². The zero-order valence-electron chi connectivity index (χ0n) is 10.4. The van der Waals surface area contributed by atoms with Crippen LogP contribution in [0.5, 0.6) is 0 Å². The first-order chi connectivity index (χ1) is 8.29. The van der Waals surface area contributed by atoms with E-state index >= 15 is 0 Å². The fourth-order valence-corrected chi connectivity index (χ4v) is 2.62. The molecule has 1 aromatic rings. The molecule has 1 aliphatic rings. The second kappa shape index (κ2) is 6.15. The molecule has 1 aliphatic heterocycles. The zero-order valence-corrected chi connectivity index (χ0v) is 10.4. The molecule has 94 valence electrons. The van der Waals surface area contributed by atoms with Gasteiger partial charge in [0.25, 0.3) is 0 Å². The van der Waals surface area contributed by atoms with E-state index in [0.717, 1.165) is 26.1 Å². The largest absolute Gasteiger partial charge is 0.329 e. The van der Waals surface area contributed by atoms with E-state index in [4.69, 9.17) is 11.5 Å². The van der Waals surface area contributed by atoms with Crippen LogP contribution in [0.4, 0.5) is 0 Å². The average Bonchev–Trinajstić information content (AvgIpc) is 2.52. The van der Waals surface area contributed by atoms with Crippen LogP contribution in [-0.4, -0.2) is 30.1 Å². The first-order valence-electron chi connectivity index (χ1n) is 6.53. The minimum atomic E-state index is 0.301. The summed E-state index contributed by atoms with van der Waals surface area (Å²) >= 11 is 0. The third-order valence-corrected chi connectivity index (χ3v) is 3.60. The maximum absolute atomic E-state index is 6.11. The molecule has 0 bridgehead atoms. The molecular weight excluding hydrogens is 210 g/mol. The second-order valence-corrected chi connectivity index (χ2v) is 5.00. The van der Waals surface area contributed by atoms with Crippen LogP contribution in [0.3, 0.4) is 0 Å². The van der Waals surface area contributed by atoms with Crippen LogP contribution < -0.4 is 11.5 Å². The highest BCUT2D eigenvalue weighted by Gasteiger charge is 2.23. The van der Waals surface area contributed by atoms with Gasteiger partial charge in [0.15, 0.2) is 0 Å². The molecule has 1 heterocycles. The highest BCUT2D eigenvalue weighted by Crippen LogP contribution is 2.18. The summed E-state index contributed by atoms with van der Waals surface area (Å²) in [5, 5.41) is 0.